The Kier molecular flexibility index (Phi) is 8.60. The fourth-order valence-corrected chi connectivity index (χ4v) is 3.77. The number of methoxy groups -OCH3 is 1. The number of hydrogen-bond donors (Lipinski definition) is 1. The maximum absolute atomic E-state index is 12.6. The van der Waals surface area contributed by atoms with E-state index in [0.717, 1.165) is 11.0 Å². The van der Waals surface area contributed by atoms with E-state index in [1.165, 1.54) is 7.11 Å². The average Bonchev–Trinajstić information content (AvgIpc) is 3.03. The second-order valence-electron chi connectivity index (χ2n) is 11.2. The SMILES string of the molecule is COC(=O)[C@H](Cc1cc(B2OC(C)(C)C(C)(C)O2)ccc1OCc1ccccc1)NC(=O)OC(C)(C)C. The van der Waals surface area contributed by atoms with E-state index < -0.39 is 42.0 Å². The van der Waals surface area contributed by atoms with E-state index in [0.29, 0.717) is 17.9 Å². The van der Waals surface area contributed by atoms with Crippen LogP contribution < -0.4 is 15.5 Å². The minimum atomic E-state index is -0.993. The molecule has 2 aromatic rings. The highest BCUT2D eigenvalue weighted by atomic mass is 16.7. The summed E-state index contributed by atoms with van der Waals surface area (Å²) < 4.78 is 28.9. The predicted molar refractivity (Wildman–Crippen MR) is 142 cm³/mol. The van der Waals surface area contributed by atoms with Crippen LogP contribution in [-0.2, 0) is 36.6 Å². The molecule has 37 heavy (non-hydrogen) atoms. The molecule has 0 radical (unpaired) electrons. The second kappa shape index (κ2) is 11.1. The number of alkyl carbamates (subject to hydrolysis) is 1. The molecule has 9 heteroatoms. The third-order valence-corrected chi connectivity index (χ3v) is 6.45. The zero-order valence-electron chi connectivity index (χ0n) is 23.0. The summed E-state index contributed by atoms with van der Waals surface area (Å²) in [6.45, 7) is 13.6. The lowest BCUT2D eigenvalue weighted by molar-refractivity contribution is -0.143. The quantitative estimate of drug-likeness (QED) is 0.420. The van der Waals surface area contributed by atoms with Crippen molar-refractivity contribution in [3.8, 4) is 5.75 Å². The molecule has 0 aromatic heterocycles. The normalized spacial score (nSPS) is 17.1. The van der Waals surface area contributed by atoms with Gasteiger partial charge < -0.3 is 28.8 Å². The summed E-state index contributed by atoms with van der Waals surface area (Å²) in [6.07, 6.45) is -0.597. The maximum Gasteiger partial charge on any atom is 0.494 e. The lowest BCUT2D eigenvalue weighted by Gasteiger charge is -2.32. The van der Waals surface area contributed by atoms with Gasteiger partial charge in [0.25, 0.3) is 0 Å². The highest BCUT2D eigenvalue weighted by Crippen LogP contribution is 2.36. The van der Waals surface area contributed by atoms with Gasteiger partial charge in [-0.25, -0.2) is 9.59 Å². The topological polar surface area (TPSA) is 92.3 Å². The summed E-state index contributed by atoms with van der Waals surface area (Å²) in [7, 11) is 0.682. The van der Waals surface area contributed by atoms with Crippen LogP contribution in [0.25, 0.3) is 0 Å². The zero-order chi connectivity index (χ0) is 27.4. The lowest BCUT2D eigenvalue weighted by atomic mass is 9.78. The number of carbonyl (C=O) groups excluding carboxylic acids is 2. The van der Waals surface area contributed by atoms with Crippen molar-refractivity contribution < 1.29 is 33.1 Å². The Morgan fingerprint density at radius 3 is 2.19 bits per heavy atom. The molecule has 0 spiro atoms. The Labute approximate surface area is 220 Å². The molecular weight excluding hydrogens is 473 g/mol. The number of hydrogen-bond acceptors (Lipinski definition) is 7. The van der Waals surface area contributed by atoms with Gasteiger partial charge in [0, 0.05) is 6.42 Å². The number of amides is 1. The first-order valence-corrected chi connectivity index (χ1v) is 12.4. The van der Waals surface area contributed by atoms with Crippen LogP contribution in [0.15, 0.2) is 48.5 Å². The summed E-state index contributed by atoms with van der Waals surface area (Å²) in [5.41, 5.74) is 0.738. The molecular formula is C28H38BNO7. The van der Waals surface area contributed by atoms with Gasteiger partial charge in [0.15, 0.2) is 0 Å². The van der Waals surface area contributed by atoms with Crippen molar-refractivity contribution in [1.29, 1.82) is 0 Å². The molecule has 200 valence electrons. The molecule has 1 aliphatic heterocycles. The number of benzene rings is 2. The van der Waals surface area contributed by atoms with Gasteiger partial charge in [0.05, 0.1) is 18.3 Å². The minimum Gasteiger partial charge on any atom is -0.489 e. The molecule has 1 amide bonds. The number of esters is 1. The zero-order valence-corrected chi connectivity index (χ0v) is 23.0. The molecule has 1 saturated heterocycles. The molecule has 0 aliphatic carbocycles. The van der Waals surface area contributed by atoms with Crippen molar-refractivity contribution in [2.24, 2.45) is 0 Å². The van der Waals surface area contributed by atoms with Crippen LogP contribution in [0.3, 0.4) is 0 Å². The molecule has 1 aliphatic rings. The lowest BCUT2D eigenvalue weighted by Crippen LogP contribution is -2.45. The Bertz CT molecular complexity index is 1080. The Hall–Kier alpha value is -3.04. The predicted octanol–water partition coefficient (Wildman–Crippen LogP) is 4.17. The van der Waals surface area contributed by atoms with Crippen molar-refractivity contribution in [3.63, 3.8) is 0 Å². The van der Waals surface area contributed by atoms with Crippen LogP contribution in [-0.4, -0.2) is 49.1 Å². The summed E-state index contributed by atoms with van der Waals surface area (Å²) in [5.74, 6) is -0.0232. The van der Waals surface area contributed by atoms with Gasteiger partial charge in [-0.05, 0) is 71.1 Å². The van der Waals surface area contributed by atoms with Crippen LogP contribution in [0.2, 0.25) is 0 Å². The summed E-state index contributed by atoms with van der Waals surface area (Å²) in [4.78, 5) is 25.1. The van der Waals surface area contributed by atoms with Crippen molar-refractivity contribution >= 4 is 24.6 Å². The fourth-order valence-electron chi connectivity index (χ4n) is 3.77. The monoisotopic (exact) mass is 511 g/mol. The van der Waals surface area contributed by atoms with E-state index in [9.17, 15) is 9.59 Å². The fraction of sp³-hybridized carbons (Fsp3) is 0.500. The van der Waals surface area contributed by atoms with Crippen LogP contribution in [0.5, 0.6) is 5.75 Å². The maximum atomic E-state index is 12.6. The summed E-state index contributed by atoms with van der Waals surface area (Å²) >= 11 is 0. The Morgan fingerprint density at radius 1 is 1.00 bits per heavy atom. The van der Waals surface area contributed by atoms with Crippen LogP contribution in [0.4, 0.5) is 4.79 Å². The van der Waals surface area contributed by atoms with Gasteiger partial charge >= 0.3 is 19.2 Å². The smallest absolute Gasteiger partial charge is 0.489 e. The minimum absolute atomic E-state index is 0.114. The second-order valence-corrected chi connectivity index (χ2v) is 11.2. The van der Waals surface area contributed by atoms with Gasteiger partial charge in [0.1, 0.15) is 24.0 Å². The van der Waals surface area contributed by atoms with Crippen molar-refractivity contribution in [3.05, 3.63) is 59.7 Å². The number of carbonyl (C=O) groups is 2. The first-order valence-electron chi connectivity index (χ1n) is 12.4. The average molecular weight is 511 g/mol. The number of ether oxygens (including phenoxy) is 3. The van der Waals surface area contributed by atoms with Gasteiger partial charge in [-0.2, -0.15) is 0 Å². The van der Waals surface area contributed by atoms with E-state index in [1.807, 2.05) is 76.2 Å². The van der Waals surface area contributed by atoms with E-state index in [-0.39, 0.29) is 6.42 Å². The number of nitrogens with one attached hydrogen (secondary N) is 1. The standard InChI is InChI=1S/C28H38BNO7/c1-26(2,3)35-25(32)30-22(24(31)33-8)17-20-16-21(29-36-27(4,5)28(6,7)37-29)14-15-23(20)34-18-19-12-10-9-11-13-19/h9-16,22H,17-18H2,1-8H3,(H,30,32)/t22-/m0/s1. The van der Waals surface area contributed by atoms with E-state index >= 15 is 0 Å². The Morgan fingerprint density at radius 2 is 1.62 bits per heavy atom. The first-order chi connectivity index (χ1) is 17.2. The van der Waals surface area contributed by atoms with Crippen LogP contribution in [0.1, 0.15) is 59.6 Å². The van der Waals surface area contributed by atoms with Crippen molar-refractivity contribution in [2.75, 3.05) is 7.11 Å². The molecule has 1 atom stereocenters. The van der Waals surface area contributed by atoms with Gasteiger partial charge in [-0.15, -0.1) is 0 Å². The van der Waals surface area contributed by atoms with Crippen molar-refractivity contribution in [2.45, 2.75) is 84.3 Å². The molecule has 3 rings (SSSR count). The number of rotatable bonds is 8. The molecule has 0 unspecified atom stereocenters. The molecule has 8 nitrogen and oxygen atoms in total. The molecule has 1 heterocycles. The highest BCUT2D eigenvalue weighted by molar-refractivity contribution is 6.62. The molecule has 1 N–H and O–H groups in total. The molecule has 1 fully saturated rings. The van der Waals surface area contributed by atoms with Crippen LogP contribution in [0, 0.1) is 0 Å². The third kappa shape index (κ3) is 7.49. The van der Waals surface area contributed by atoms with Gasteiger partial charge in [0.2, 0.25) is 0 Å². The molecule has 2 aromatic carbocycles. The highest BCUT2D eigenvalue weighted by Gasteiger charge is 2.51. The van der Waals surface area contributed by atoms with Crippen molar-refractivity contribution in [1.82, 2.24) is 5.32 Å². The third-order valence-electron chi connectivity index (χ3n) is 6.45. The first kappa shape index (κ1) is 28.5. The van der Waals surface area contributed by atoms with E-state index in [4.69, 9.17) is 23.5 Å². The largest absolute Gasteiger partial charge is 0.494 e. The molecule has 0 bridgehead atoms. The molecule has 0 saturated carbocycles. The summed E-state index contributed by atoms with van der Waals surface area (Å²) in [5, 5.41) is 2.64. The van der Waals surface area contributed by atoms with Crippen LogP contribution >= 0.6 is 0 Å². The van der Waals surface area contributed by atoms with E-state index in [2.05, 4.69) is 5.32 Å². The van der Waals surface area contributed by atoms with Gasteiger partial charge in [-0.1, -0.05) is 42.5 Å². The Balaban J connectivity index is 1.91. The van der Waals surface area contributed by atoms with E-state index in [1.54, 1.807) is 20.8 Å². The van der Waals surface area contributed by atoms with Gasteiger partial charge in [-0.3, -0.25) is 0 Å². The summed E-state index contributed by atoms with van der Waals surface area (Å²) in [6, 6.07) is 14.4.